The number of nitrogens with zero attached hydrogens (tertiary/aromatic N) is 3. The smallest absolute Gasteiger partial charge is 0.149 e. The second-order valence-corrected chi connectivity index (χ2v) is 5.43. The molecule has 0 saturated heterocycles. The van der Waals surface area contributed by atoms with Crippen molar-refractivity contribution in [2.75, 3.05) is 25.5 Å². The molecule has 8 heteroatoms. The van der Waals surface area contributed by atoms with Crippen LogP contribution in [-0.4, -0.2) is 41.7 Å². The van der Waals surface area contributed by atoms with Crippen molar-refractivity contribution in [3.8, 4) is 11.4 Å². The lowest BCUT2D eigenvalue weighted by atomic mass is 10.2. The van der Waals surface area contributed by atoms with Crippen molar-refractivity contribution in [1.29, 1.82) is 0 Å². The lowest BCUT2D eigenvalue weighted by Crippen LogP contribution is -2.13. The summed E-state index contributed by atoms with van der Waals surface area (Å²) in [6, 6.07) is 7.68. The van der Waals surface area contributed by atoms with E-state index in [1.165, 1.54) is 0 Å². The zero-order chi connectivity index (χ0) is 19.4. The summed E-state index contributed by atoms with van der Waals surface area (Å²) in [4.78, 5) is 12.4. The maximum atomic E-state index is 8.00. The number of hydrogen-bond acceptors (Lipinski definition) is 7. The van der Waals surface area contributed by atoms with E-state index in [1.54, 1.807) is 30.0 Å². The van der Waals surface area contributed by atoms with Crippen molar-refractivity contribution in [1.82, 2.24) is 20.1 Å². The first kappa shape index (κ1) is 20.9. The number of carbonyl (C=O) groups is 1. The molecule has 2 rings (SSSR count). The van der Waals surface area contributed by atoms with Gasteiger partial charge in [-0.05, 0) is 51.2 Å². The highest BCUT2D eigenvalue weighted by Gasteiger charge is 2.12. The number of allylic oxidation sites excluding steroid dienone is 3. The number of rotatable bonds is 8. The molecule has 0 aliphatic heterocycles. The molecule has 6 N–H and O–H groups in total. The molecule has 2 aromatic rings. The number of pyridine rings is 1. The molecule has 0 aliphatic carbocycles. The summed E-state index contributed by atoms with van der Waals surface area (Å²) in [7, 11) is 1.94. The number of carbonyl (C=O) groups excluding carboxylic acids is 1. The molecule has 0 unspecified atom stereocenters. The molecule has 8 nitrogen and oxygen atoms in total. The first-order chi connectivity index (χ1) is 12.6. The highest BCUT2D eigenvalue weighted by atomic mass is 16.1. The summed E-state index contributed by atoms with van der Waals surface area (Å²) in [6.45, 7) is 5.58. The fraction of sp³-hybridized carbons (Fsp3) is 0.278. The molecule has 2 heterocycles. The fourth-order valence-electron chi connectivity index (χ4n) is 2.13. The number of nitrogens with two attached hydrogens (primary N) is 2. The molecule has 0 amide bonds. The Morgan fingerprint density at radius 1 is 1.27 bits per heavy atom. The van der Waals surface area contributed by atoms with Gasteiger partial charge in [0, 0.05) is 24.5 Å². The summed E-state index contributed by atoms with van der Waals surface area (Å²) in [6.07, 6.45) is 6.23. The molecule has 2 aromatic heterocycles. The summed E-state index contributed by atoms with van der Waals surface area (Å²) < 4.78 is 1.67. The van der Waals surface area contributed by atoms with Gasteiger partial charge in [-0.1, -0.05) is 6.07 Å². The third-order valence-corrected chi connectivity index (χ3v) is 3.31. The Labute approximate surface area is 154 Å². The highest BCUT2D eigenvalue weighted by Crippen LogP contribution is 2.22. The fourth-order valence-corrected chi connectivity index (χ4v) is 2.13. The predicted octanol–water partition coefficient (Wildman–Crippen LogP) is 1.40. The summed E-state index contributed by atoms with van der Waals surface area (Å²) in [5.41, 5.74) is 14.1. The Morgan fingerprint density at radius 2 is 2.04 bits per heavy atom. The SMILES string of the molecule is C=O.CNCCCNc1cc(-c2ccccn2)n(/C(N)=C/C=C(/C)N)n1. The van der Waals surface area contributed by atoms with Crippen LogP contribution in [0.3, 0.4) is 0 Å². The van der Waals surface area contributed by atoms with Crippen LogP contribution in [-0.2, 0) is 4.79 Å². The molecule has 0 fully saturated rings. The van der Waals surface area contributed by atoms with Gasteiger partial charge in [0.05, 0.1) is 11.4 Å². The van der Waals surface area contributed by atoms with Crippen LogP contribution >= 0.6 is 0 Å². The lowest BCUT2D eigenvalue weighted by Gasteiger charge is -2.06. The van der Waals surface area contributed by atoms with E-state index in [-0.39, 0.29) is 0 Å². The monoisotopic (exact) mass is 357 g/mol. The first-order valence-electron chi connectivity index (χ1n) is 8.20. The van der Waals surface area contributed by atoms with E-state index in [0.717, 1.165) is 36.7 Å². The average Bonchev–Trinajstić information content (AvgIpc) is 3.10. The number of hydrogen-bond donors (Lipinski definition) is 4. The molecular weight excluding hydrogens is 330 g/mol. The minimum Gasteiger partial charge on any atom is -0.402 e. The zero-order valence-electron chi connectivity index (χ0n) is 15.3. The normalized spacial score (nSPS) is 11.6. The molecule has 0 aliphatic rings. The Kier molecular flexibility index (Phi) is 9.19. The minimum absolute atomic E-state index is 0.476. The summed E-state index contributed by atoms with van der Waals surface area (Å²) in [5, 5.41) is 11.0. The lowest BCUT2D eigenvalue weighted by molar-refractivity contribution is -0.0979. The predicted molar refractivity (Wildman–Crippen MR) is 106 cm³/mol. The van der Waals surface area contributed by atoms with Gasteiger partial charge in [-0.25, -0.2) is 4.68 Å². The molecule has 0 spiro atoms. The van der Waals surface area contributed by atoms with Gasteiger partial charge >= 0.3 is 0 Å². The van der Waals surface area contributed by atoms with Crippen LogP contribution in [0.1, 0.15) is 13.3 Å². The summed E-state index contributed by atoms with van der Waals surface area (Å²) >= 11 is 0. The van der Waals surface area contributed by atoms with Gasteiger partial charge in [0.25, 0.3) is 0 Å². The van der Waals surface area contributed by atoms with Crippen LogP contribution in [0.15, 0.2) is 48.3 Å². The number of nitrogens with one attached hydrogen (secondary N) is 2. The van der Waals surface area contributed by atoms with Crippen LogP contribution in [0.5, 0.6) is 0 Å². The molecule has 0 saturated carbocycles. The first-order valence-corrected chi connectivity index (χ1v) is 8.20. The van der Waals surface area contributed by atoms with E-state index >= 15 is 0 Å². The summed E-state index contributed by atoms with van der Waals surface area (Å²) in [5.74, 6) is 1.24. The van der Waals surface area contributed by atoms with Gasteiger partial charge in [0.2, 0.25) is 0 Å². The highest BCUT2D eigenvalue weighted by molar-refractivity contribution is 5.65. The van der Waals surface area contributed by atoms with E-state index in [2.05, 4.69) is 20.7 Å². The Bertz CT molecular complexity index is 718. The largest absolute Gasteiger partial charge is 0.402 e. The van der Waals surface area contributed by atoms with Crippen LogP contribution in [0.2, 0.25) is 0 Å². The second kappa shape index (κ2) is 11.4. The van der Waals surface area contributed by atoms with E-state index in [9.17, 15) is 0 Å². The number of aromatic nitrogens is 3. The van der Waals surface area contributed by atoms with Gasteiger partial charge in [0.15, 0.2) is 0 Å². The van der Waals surface area contributed by atoms with Crippen molar-refractivity contribution in [3.05, 3.63) is 48.3 Å². The van der Waals surface area contributed by atoms with E-state index < -0.39 is 0 Å². The van der Waals surface area contributed by atoms with Crippen molar-refractivity contribution in [2.24, 2.45) is 11.5 Å². The third kappa shape index (κ3) is 6.40. The van der Waals surface area contributed by atoms with Crippen LogP contribution in [0.4, 0.5) is 5.82 Å². The van der Waals surface area contributed by atoms with Crippen LogP contribution in [0, 0.1) is 0 Å². The zero-order valence-corrected chi connectivity index (χ0v) is 15.3. The Morgan fingerprint density at radius 3 is 2.65 bits per heavy atom. The molecule has 0 aromatic carbocycles. The molecule has 26 heavy (non-hydrogen) atoms. The van der Waals surface area contributed by atoms with Crippen molar-refractivity contribution in [3.63, 3.8) is 0 Å². The molecule has 0 radical (unpaired) electrons. The molecule has 0 bridgehead atoms. The standard InChI is InChI=1S/C17H25N7.CH2O/c1-13(18)7-8-16(19)24-15(14-6-3-4-10-21-14)12-17(23-24)22-11-5-9-20-2;1-2/h3-4,6-8,10,12,20H,5,9,11,18-19H2,1-2H3,(H,22,23);1H2/b13-7-,16-8+;. The van der Waals surface area contributed by atoms with Gasteiger partial charge in [-0.2, -0.15) is 0 Å². The molecule has 0 atom stereocenters. The average molecular weight is 357 g/mol. The third-order valence-electron chi connectivity index (χ3n) is 3.31. The molecular formula is C18H27N7O. The maximum Gasteiger partial charge on any atom is 0.149 e. The van der Waals surface area contributed by atoms with E-state index in [1.807, 2.05) is 38.1 Å². The number of anilines is 1. The van der Waals surface area contributed by atoms with Crippen molar-refractivity contribution in [2.45, 2.75) is 13.3 Å². The Hall–Kier alpha value is -3.13. The van der Waals surface area contributed by atoms with Crippen molar-refractivity contribution >= 4 is 18.4 Å². The van der Waals surface area contributed by atoms with Gasteiger partial charge in [0.1, 0.15) is 18.4 Å². The quantitative estimate of drug-likeness (QED) is 0.416. The topological polar surface area (TPSA) is 124 Å². The van der Waals surface area contributed by atoms with Gasteiger partial charge in [-0.15, -0.1) is 5.10 Å². The van der Waals surface area contributed by atoms with Gasteiger partial charge < -0.3 is 26.9 Å². The molecule has 140 valence electrons. The Balaban J connectivity index is 0.00000163. The van der Waals surface area contributed by atoms with Gasteiger partial charge in [-0.3, -0.25) is 4.98 Å². The van der Waals surface area contributed by atoms with Crippen LogP contribution in [0.25, 0.3) is 17.2 Å². The second-order valence-electron chi connectivity index (χ2n) is 5.43. The van der Waals surface area contributed by atoms with Crippen LogP contribution < -0.4 is 22.1 Å². The minimum atomic E-state index is 0.476. The van der Waals surface area contributed by atoms with E-state index in [0.29, 0.717) is 11.5 Å². The van der Waals surface area contributed by atoms with E-state index in [4.69, 9.17) is 16.3 Å². The van der Waals surface area contributed by atoms with Crippen molar-refractivity contribution < 1.29 is 4.79 Å². The maximum absolute atomic E-state index is 8.00.